The first-order valence-corrected chi connectivity index (χ1v) is 7.64. The van der Waals surface area contributed by atoms with Crippen molar-refractivity contribution < 1.29 is 5.11 Å². The van der Waals surface area contributed by atoms with Gasteiger partial charge in [0.2, 0.25) is 0 Å². The molecule has 1 fully saturated rings. The van der Waals surface area contributed by atoms with Gasteiger partial charge in [0.1, 0.15) is 0 Å². The number of hydrogen-bond acceptors (Lipinski definition) is 3. The van der Waals surface area contributed by atoms with Gasteiger partial charge in [0.05, 0.1) is 5.60 Å². The average molecular weight is 273 g/mol. The highest BCUT2D eigenvalue weighted by atomic mass is 32.1. The fourth-order valence-corrected chi connectivity index (χ4v) is 3.39. The van der Waals surface area contributed by atoms with Gasteiger partial charge in [-0.2, -0.15) is 0 Å². The highest BCUT2D eigenvalue weighted by Crippen LogP contribution is 2.31. The van der Waals surface area contributed by atoms with Crippen LogP contribution < -0.4 is 5.32 Å². The van der Waals surface area contributed by atoms with Crippen LogP contribution in [0.2, 0.25) is 0 Å². The summed E-state index contributed by atoms with van der Waals surface area (Å²) in [6.45, 7) is 1.56. The van der Waals surface area contributed by atoms with E-state index in [0.717, 1.165) is 25.8 Å². The first kappa shape index (κ1) is 12.9. The van der Waals surface area contributed by atoms with Crippen LogP contribution in [0, 0.1) is 0 Å². The van der Waals surface area contributed by atoms with Crippen LogP contribution in [-0.4, -0.2) is 17.3 Å². The summed E-state index contributed by atoms with van der Waals surface area (Å²) >= 11 is 1.82. The summed E-state index contributed by atoms with van der Waals surface area (Å²) in [5.74, 6) is 0. The van der Waals surface area contributed by atoms with Gasteiger partial charge < -0.3 is 10.4 Å². The summed E-state index contributed by atoms with van der Waals surface area (Å²) in [7, 11) is 0. The molecule has 2 nitrogen and oxygen atoms in total. The summed E-state index contributed by atoms with van der Waals surface area (Å²) in [5.41, 5.74) is 0.843. The predicted octanol–water partition coefficient (Wildman–Crippen LogP) is 3.42. The Morgan fingerprint density at radius 1 is 1.11 bits per heavy atom. The number of nitrogens with one attached hydrogen (secondary N) is 1. The molecule has 0 bridgehead atoms. The lowest BCUT2D eigenvalue weighted by molar-refractivity contribution is -0.0314. The standard InChI is InChI=1S/C16H19NOS/c18-16(9-4-10-16)12-17-11-14-7-8-15(19-14)13-5-2-1-3-6-13/h1-3,5-8,17-18H,4,9-12H2. The Morgan fingerprint density at radius 3 is 2.58 bits per heavy atom. The van der Waals surface area contributed by atoms with Crippen molar-refractivity contribution in [2.24, 2.45) is 0 Å². The molecule has 2 N–H and O–H groups in total. The predicted molar refractivity (Wildman–Crippen MR) is 80.3 cm³/mol. The van der Waals surface area contributed by atoms with Crippen LogP contribution in [0.1, 0.15) is 24.1 Å². The molecule has 1 saturated carbocycles. The van der Waals surface area contributed by atoms with Crippen LogP contribution in [0.3, 0.4) is 0 Å². The van der Waals surface area contributed by atoms with Gasteiger partial charge in [-0.05, 0) is 37.0 Å². The average Bonchev–Trinajstić information content (AvgIpc) is 2.87. The second-order valence-corrected chi connectivity index (χ2v) is 6.48. The van der Waals surface area contributed by atoms with Crippen LogP contribution >= 0.6 is 11.3 Å². The SMILES string of the molecule is OC1(CNCc2ccc(-c3ccccc3)s2)CCC1. The maximum absolute atomic E-state index is 10.0. The largest absolute Gasteiger partial charge is 0.389 e. The molecule has 3 rings (SSSR count). The molecule has 0 aliphatic heterocycles. The fourth-order valence-electron chi connectivity index (χ4n) is 2.41. The van der Waals surface area contributed by atoms with Gasteiger partial charge in [-0.3, -0.25) is 0 Å². The van der Waals surface area contributed by atoms with E-state index in [1.54, 1.807) is 0 Å². The zero-order valence-electron chi connectivity index (χ0n) is 10.9. The summed E-state index contributed by atoms with van der Waals surface area (Å²) in [6, 6.07) is 14.8. The maximum Gasteiger partial charge on any atom is 0.0771 e. The van der Waals surface area contributed by atoms with Crippen molar-refractivity contribution in [3.8, 4) is 10.4 Å². The Labute approximate surface area is 118 Å². The van der Waals surface area contributed by atoms with Crippen LogP contribution in [0.4, 0.5) is 0 Å². The number of hydrogen-bond donors (Lipinski definition) is 2. The van der Waals surface area contributed by atoms with Gasteiger partial charge >= 0.3 is 0 Å². The van der Waals surface area contributed by atoms with Crippen LogP contribution in [0.5, 0.6) is 0 Å². The lowest BCUT2D eigenvalue weighted by Crippen LogP contribution is -2.45. The van der Waals surface area contributed by atoms with E-state index in [2.05, 4.69) is 41.7 Å². The highest BCUT2D eigenvalue weighted by molar-refractivity contribution is 7.15. The zero-order valence-corrected chi connectivity index (χ0v) is 11.7. The summed E-state index contributed by atoms with van der Waals surface area (Å²) in [5, 5.41) is 13.4. The molecule has 0 unspecified atom stereocenters. The lowest BCUT2D eigenvalue weighted by atomic mass is 9.80. The third kappa shape index (κ3) is 3.06. The summed E-state index contributed by atoms with van der Waals surface area (Å²) in [6.07, 6.45) is 3.05. The fraction of sp³-hybridized carbons (Fsp3) is 0.375. The topological polar surface area (TPSA) is 32.3 Å². The molecule has 0 amide bonds. The van der Waals surface area contributed by atoms with Gasteiger partial charge in [0, 0.05) is 22.8 Å². The molecule has 1 aromatic carbocycles. The first-order valence-electron chi connectivity index (χ1n) is 6.82. The van der Waals surface area contributed by atoms with Crippen LogP contribution in [-0.2, 0) is 6.54 Å². The highest BCUT2D eigenvalue weighted by Gasteiger charge is 2.33. The maximum atomic E-state index is 10.0. The molecular formula is C16H19NOS. The van der Waals surface area contributed by atoms with Crippen LogP contribution in [0.25, 0.3) is 10.4 Å². The van der Waals surface area contributed by atoms with Gasteiger partial charge in [-0.1, -0.05) is 30.3 Å². The molecule has 1 aliphatic rings. The molecule has 0 spiro atoms. The number of thiophene rings is 1. The van der Waals surface area contributed by atoms with Crippen molar-refractivity contribution >= 4 is 11.3 Å². The van der Waals surface area contributed by atoms with E-state index < -0.39 is 5.60 Å². The van der Waals surface area contributed by atoms with Crippen molar-refractivity contribution in [3.05, 3.63) is 47.3 Å². The normalized spacial score (nSPS) is 17.1. The molecule has 3 heteroatoms. The smallest absolute Gasteiger partial charge is 0.0771 e. The lowest BCUT2D eigenvalue weighted by Gasteiger charge is -2.36. The molecule has 1 aliphatic carbocycles. The molecular weight excluding hydrogens is 254 g/mol. The molecule has 2 aromatic rings. The molecule has 0 saturated heterocycles. The van der Waals surface area contributed by atoms with E-state index in [0.29, 0.717) is 6.54 Å². The summed E-state index contributed by atoms with van der Waals surface area (Å²) in [4.78, 5) is 2.63. The van der Waals surface area contributed by atoms with Crippen molar-refractivity contribution in [1.82, 2.24) is 5.32 Å². The second-order valence-electron chi connectivity index (χ2n) is 5.31. The molecule has 100 valence electrons. The Balaban J connectivity index is 1.56. The van der Waals surface area contributed by atoms with E-state index in [9.17, 15) is 5.11 Å². The van der Waals surface area contributed by atoms with Gasteiger partial charge in [-0.15, -0.1) is 11.3 Å². The van der Waals surface area contributed by atoms with Gasteiger partial charge in [0.15, 0.2) is 0 Å². The molecule has 1 aromatic heterocycles. The van der Waals surface area contributed by atoms with Crippen molar-refractivity contribution in [2.75, 3.05) is 6.54 Å². The van der Waals surface area contributed by atoms with E-state index in [1.165, 1.54) is 15.3 Å². The summed E-state index contributed by atoms with van der Waals surface area (Å²) < 4.78 is 0. The van der Waals surface area contributed by atoms with Crippen LogP contribution in [0.15, 0.2) is 42.5 Å². The zero-order chi connectivity index (χ0) is 13.1. The number of benzene rings is 1. The Bertz CT molecular complexity index is 531. The molecule has 0 radical (unpaired) electrons. The number of rotatable bonds is 5. The Kier molecular flexibility index (Phi) is 3.69. The minimum Gasteiger partial charge on any atom is -0.389 e. The van der Waals surface area contributed by atoms with E-state index in [-0.39, 0.29) is 0 Å². The third-order valence-corrected chi connectivity index (χ3v) is 4.89. The first-order chi connectivity index (χ1) is 9.25. The molecule has 19 heavy (non-hydrogen) atoms. The minimum atomic E-state index is -0.431. The van der Waals surface area contributed by atoms with E-state index in [1.807, 2.05) is 17.4 Å². The Morgan fingerprint density at radius 2 is 1.89 bits per heavy atom. The number of aliphatic hydroxyl groups is 1. The van der Waals surface area contributed by atoms with E-state index >= 15 is 0 Å². The van der Waals surface area contributed by atoms with Gasteiger partial charge in [0.25, 0.3) is 0 Å². The van der Waals surface area contributed by atoms with E-state index in [4.69, 9.17) is 0 Å². The quantitative estimate of drug-likeness (QED) is 0.875. The third-order valence-electron chi connectivity index (χ3n) is 3.76. The monoisotopic (exact) mass is 273 g/mol. The van der Waals surface area contributed by atoms with Gasteiger partial charge in [-0.25, -0.2) is 0 Å². The minimum absolute atomic E-state index is 0.431. The second kappa shape index (κ2) is 5.45. The van der Waals surface area contributed by atoms with Crippen molar-refractivity contribution in [1.29, 1.82) is 0 Å². The van der Waals surface area contributed by atoms with Crippen molar-refractivity contribution in [3.63, 3.8) is 0 Å². The molecule has 0 atom stereocenters. The molecule has 1 heterocycles. The van der Waals surface area contributed by atoms with Crippen molar-refractivity contribution in [2.45, 2.75) is 31.4 Å². The Hall–Kier alpha value is -1.16.